The average Bonchev–Trinajstić information content (AvgIpc) is 2.38. The Hall–Kier alpha value is -2.13. The van der Waals surface area contributed by atoms with Crippen molar-refractivity contribution in [1.82, 2.24) is 4.90 Å². The van der Waals surface area contributed by atoms with E-state index >= 15 is 0 Å². The van der Waals surface area contributed by atoms with Gasteiger partial charge in [0.1, 0.15) is 11.6 Å². The Bertz CT molecular complexity index is 513. The van der Waals surface area contributed by atoms with Crippen LogP contribution in [0.2, 0.25) is 0 Å². The number of phenols is 1. The second-order valence-electron chi connectivity index (χ2n) is 3.90. The fraction of sp³-hybridized carbons (Fsp3) is 0.333. The number of amides is 1. The molecule has 0 aliphatic carbocycles. The SMILES string of the molecule is N#CC1CN(C(=O)c2ccc(O)cc2F)CCO1. The third kappa shape index (κ3) is 2.41. The standard InChI is InChI=1S/C12H11FN2O3/c13-11-5-8(16)1-2-10(11)12(17)15-3-4-18-9(6-14)7-15/h1-2,5,9,16H,3-4,7H2. The first-order valence-electron chi connectivity index (χ1n) is 5.41. The van der Waals surface area contributed by atoms with Gasteiger partial charge >= 0.3 is 0 Å². The molecule has 1 fully saturated rings. The minimum atomic E-state index is -0.778. The van der Waals surface area contributed by atoms with Gasteiger partial charge < -0.3 is 14.7 Å². The molecule has 1 unspecified atom stereocenters. The van der Waals surface area contributed by atoms with Crippen molar-refractivity contribution >= 4 is 5.91 Å². The molecule has 1 aromatic rings. The van der Waals surface area contributed by atoms with E-state index in [1.165, 1.54) is 17.0 Å². The number of carbonyl (C=O) groups is 1. The number of rotatable bonds is 1. The molecule has 2 rings (SSSR count). The van der Waals surface area contributed by atoms with Gasteiger partial charge in [0.25, 0.3) is 5.91 Å². The zero-order chi connectivity index (χ0) is 13.1. The first-order chi connectivity index (χ1) is 8.61. The summed E-state index contributed by atoms with van der Waals surface area (Å²) in [4.78, 5) is 13.4. The number of hydrogen-bond donors (Lipinski definition) is 1. The molecule has 0 aromatic heterocycles. The lowest BCUT2D eigenvalue weighted by atomic mass is 10.1. The largest absolute Gasteiger partial charge is 0.508 e. The van der Waals surface area contributed by atoms with Crippen LogP contribution in [0, 0.1) is 17.1 Å². The number of morpholine rings is 1. The molecule has 1 atom stereocenters. The summed E-state index contributed by atoms with van der Waals surface area (Å²) in [7, 11) is 0. The summed E-state index contributed by atoms with van der Waals surface area (Å²) in [6.07, 6.45) is -0.678. The summed E-state index contributed by atoms with van der Waals surface area (Å²) in [6.45, 7) is 0.691. The van der Waals surface area contributed by atoms with Gasteiger partial charge in [0.15, 0.2) is 6.10 Å². The third-order valence-electron chi connectivity index (χ3n) is 2.68. The van der Waals surface area contributed by atoms with Crippen molar-refractivity contribution in [1.29, 1.82) is 5.26 Å². The number of nitriles is 1. The lowest BCUT2D eigenvalue weighted by Gasteiger charge is -2.29. The summed E-state index contributed by atoms with van der Waals surface area (Å²) in [5.74, 6) is -1.52. The van der Waals surface area contributed by atoms with E-state index in [0.29, 0.717) is 6.54 Å². The van der Waals surface area contributed by atoms with Crippen LogP contribution in [-0.2, 0) is 4.74 Å². The van der Waals surface area contributed by atoms with Gasteiger partial charge in [0, 0.05) is 12.6 Å². The molecule has 1 amide bonds. The van der Waals surface area contributed by atoms with E-state index in [-0.39, 0.29) is 24.5 Å². The molecule has 1 aliphatic rings. The molecule has 5 nitrogen and oxygen atoms in total. The molecule has 18 heavy (non-hydrogen) atoms. The molecule has 1 saturated heterocycles. The van der Waals surface area contributed by atoms with Gasteiger partial charge in [-0.15, -0.1) is 0 Å². The number of carbonyl (C=O) groups excluding carboxylic acids is 1. The van der Waals surface area contributed by atoms with Gasteiger partial charge in [-0.3, -0.25) is 4.79 Å². The van der Waals surface area contributed by atoms with E-state index in [1.807, 2.05) is 6.07 Å². The zero-order valence-electron chi connectivity index (χ0n) is 9.47. The predicted octanol–water partition coefficient (Wildman–Crippen LogP) is 0.896. The van der Waals surface area contributed by atoms with Gasteiger partial charge in [0.05, 0.1) is 24.8 Å². The fourth-order valence-corrected chi connectivity index (χ4v) is 1.76. The Balaban J connectivity index is 2.18. The van der Waals surface area contributed by atoms with Gasteiger partial charge in [-0.1, -0.05) is 0 Å². The van der Waals surface area contributed by atoms with Crippen LogP contribution in [0.4, 0.5) is 4.39 Å². The Morgan fingerprint density at radius 3 is 3.06 bits per heavy atom. The van der Waals surface area contributed by atoms with Crippen LogP contribution in [0.3, 0.4) is 0 Å². The van der Waals surface area contributed by atoms with Gasteiger partial charge in [0.2, 0.25) is 0 Å². The molecule has 1 aromatic carbocycles. The number of phenolic OH excluding ortho intramolecular Hbond substituents is 1. The molecule has 0 radical (unpaired) electrons. The van der Waals surface area contributed by atoms with Gasteiger partial charge in [-0.05, 0) is 12.1 Å². The summed E-state index contributed by atoms with van der Waals surface area (Å²) in [5.41, 5.74) is -0.119. The minimum absolute atomic E-state index is 0.119. The second kappa shape index (κ2) is 5.02. The molecular weight excluding hydrogens is 239 g/mol. The highest BCUT2D eigenvalue weighted by Crippen LogP contribution is 2.18. The van der Waals surface area contributed by atoms with Crippen LogP contribution in [0.25, 0.3) is 0 Å². The van der Waals surface area contributed by atoms with Gasteiger partial charge in [-0.25, -0.2) is 4.39 Å². The van der Waals surface area contributed by atoms with E-state index in [1.54, 1.807) is 0 Å². The minimum Gasteiger partial charge on any atom is -0.508 e. The van der Waals surface area contributed by atoms with Crippen LogP contribution in [0.1, 0.15) is 10.4 Å². The average molecular weight is 250 g/mol. The Morgan fingerprint density at radius 1 is 1.61 bits per heavy atom. The third-order valence-corrected chi connectivity index (χ3v) is 2.68. The van der Waals surface area contributed by atoms with Crippen molar-refractivity contribution in [3.8, 4) is 11.8 Å². The molecule has 94 valence electrons. The van der Waals surface area contributed by atoms with E-state index in [4.69, 9.17) is 15.1 Å². The zero-order valence-corrected chi connectivity index (χ0v) is 9.47. The first-order valence-corrected chi connectivity index (χ1v) is 5.41. The Labute approximate surface area is 103 Å². The van der Waals surface area contributed by atoms with Crippen LogP contribution in [0.5, 0.6) is 5.75 Å². The van der Waals surface area contributed by atoms with E-state index in [2.05, 4.69) is 0 Å². The molecule has 1 N–H and O–H groups in total. The van der Waals surface area contributed by atoms with E-state index in [9.17, 15) is 9.18 Å². The van der Waals surface area contributed by atoms with Crippen molar-refractivity contribution in [3.05, 3.63) is 29.6 Å². The van der Waals surface area contributed by atoms with Crippen molar-refractivity contribution < 1.29 is 19.0 Å². The highest BCUT2D eigenvalue weighted by atomic mass is 19.1. The van der Waals surface area contributed by atoms with Gasteiger partial charge in [-0.2, -0.15) is 5.26 Å². The molecule has 1 aliphatic heterocycles. The van der Waals surface area contributed by atoms with Crippen molar-refractivity contribution in [2.45, 2.75) is 6.10 Å². The van der Waals surface area contributed by atoms with Crippen molar-refractivity contribution in [2.24, 2.45) is 0 Å². The topological polar surface area (TPSA) is 73.6 Å². The molecule has 0 bridgehead atoms. The first kappa shape index (κ1) is 12.3. The van der Waals surface area contributed by atoms with E-state index in [0.717, 1.165) is 6.07 Å². The predicted molar refractivity (Wildman–Crippen MR) is 59.3 cm³/mol. The smallest absolute Gasteiger partial charge is 0.257 e. The number of ether oxygens (including phenoxy) is 1. The highest BCUT2D eigenvalue weighted by Gasteiger charge is 2.26. The maximum atomic E-state index is 13.5. The highest BCUT2D eigenvalue weighted by molar-refractivity contribution is 5.94. The summed E-state index contributed by atoms with van der Waals surface area (Å²) in [6, 6.07) is 5.27. The molecule has 0 saturated carbocycles. The Kier molecular flexibility index (Phi) is 3.44. The maximum absolute atomic E-state index is 13.5. The van der Waals surface area contributed by atoms with Crippen molar-refractivity contribution in [3.63, 3.8) is 0 Å². The summed E-state index contributed by atoms with van der Waals surface area (Å²) >= 11 is 0. The van der Waals surface area contributed by atoms with Crippen LogP contribution < -0.4 is 0 Å². The number of benzene rings is 1. The second-order valence-corrected chi connectivity index (χ2v) is 3.90. The number of hydrogen-bond acceptors (Lipinski definition) is 4. The molecule has 6 heteroatoms. The number of halogens is 1. The quantitative estimate of drug-likeness (QED) is 0.803. The lowest BCUT2D eigenvalue weighted by Crippen LogP contribution is -2.45. The summed E-state index contributed by atoms with van der Waals surface area (Å²) < 4.78 is 18.6. The number of aromatic hydroxyl groups is 1. The molecule has 0 spiro atoms. The Morgan fingerprint density at radius 2 is 2.39 bits per heavy atom. The number of nitrogens with zero attached hydrogens (tertiary/aromatic N) is 2. The maximum Gasteiger partial charge on any atom is 0.257 e. The molecular formula is C12H11FN2O3. The monoisotopic (exact) mass is 250 g/mol. The van der Waals surface area contributed by atoms with Crippen LogP contribution in [-0.4, -0.2) is 41.7 Å². The fourth-order valence-electron chi connectivity index (χ4n) is 1.76. The van der Waals surface area contributed by atoms with E-state index < -0.39 is 17.8 Å². The van der Waals surface area contributed by atoms with Crippen LogP contribution in [0.15, 0.2) is 18.2 Å². The molecule has 1 heterocycles. The normalized spacial score (nSPS) is 19.3. The summed E-state index contributed by atoms with van der Waals surface area (Å²) in [5, 5.41) is 17.8. The van der Waals surface area contributed by atoms with Crippen LogP contribution >= 0.6 is 0 Å². The van der Waals surface area contributed by atoms with Crippen molar-refractivity contribution in [2.75, 3.05) is 19.7 Å². The lowest BCUT2D eigenvalue weighted by molar-refractivity contribution is 0.00326.